The van der Waals surface area contributed by atoms with E-state index in [4.69, 9.17) is 4.74 Å². The predicted octanol–water partition coefficient (Wildman–Crippen LogP) is 4.50. The van der Waals surface area contributed by atoms with Gasteiger partial charge in [-0.1, -0.05) is 66.4 Å². The molecule has 2 unspecified atom stereocenters. The average Bonchev–Trinajstić information content (AvgIpc) is 3.15. The van der Waals surface area contributed by atoms with Crippen LogP contribution in [0.15, 0.2) is 59.2 Å². The van der Waals surface area contributed by atoms with Crippen molar-refractivity contribution in [2.75, 3.05) is 12.4 Å². The summed E-state index contributed by atoms with van der Waals surface area (Å²) in [4.78, 5) is 16.7. The summed E-state index contributed by atoms with van der Waals surface area (Å²) in [6, 6.07) is 13.3. The molecule has 2 aromatic heterocycles. The van der Waals surface area contributed by atoms with Crippen LogP contribution in [-0.4, -0.2) is 28.2 Å². The lowest BCUT2D eigenvalue weighted by atomic mass is 10.1. The van der Waals surface area contributed by atoms with Crippen LogP contribution in [0, 0.1) is 0 Å². The van der Waals surface area contributed by atoms with Gasteiger partial charge in [-0.05, 0) is 23.6 Å². The Bertz CT molecular complexity index is 858. The number of anilines is 1. The minimum atomic E-state index is -0.690. The van der Waals surface area contributed by atoms with Gasteiger partial charge in [0.15, 0.2) is 10.4 Å². The van der Waals surface area contributed by atoms with Crippen LogP contribution in [0.25, 0.3) is 0 Å². The second-order valence-corrected chi connectivity index (χ2v) is 8.12. The summed E-state index contributed by atoms with van der Waals surface area (Å²) in [5.41, 5.74) is 1.94. The molecule has 1 N–H and O–H groups in total. The molecule has 140 valence electrons. The lowest BCUT2D eigenvalue weighted by Gasteiger charge is -2.14. The van der Waals surface area contributed by atoms with E-state index in [0.29, 0.717) is 5.13 Å². The number of pyridine rings is 1. The summed E-state index contributed by atoms with van der Waals surface area (Å²) in [7, 11) is 1.51. The molecule has 0 saturated carbocycles. The Labute approximate surface area is 166 Å². The van der Waals surface area contributed by atoms with Gasteiger partial charge in [0.2, 0.25) is 5.13 Å². The number of nitrogens with zero attached hydrogens (tertiary/aromatic N) is 3. The standard InChI is InChI=1S/C19H20N4O2S2/c1-3-15(14-10-7-11-20-12-14)26-19-23-22-18(27-19)21-17(24)16(25-2)13-8-5-4-6-9-13/h4-12,15-16H,3H2,1-2H3,(H,21,22,24). The van der Waals surface area contributed by atoms with E-state index in [0.717, 1.165) is 21.9 Å². The molecule has 2 heterocycles. The first-order valence-corrected chi connectivity index (χ1v) is 10.2. The third-order valence-corrected chi connectivity index (χ3v) is 6.23. The van der Waals surface area contributed by atoms with Gasteiger partial charge in [0.25, 0.3) is 5.91 Å². The van der Waals surface area contributed by atoms with Crippen molar-refractivity contribution in [1.82, 2.24) is 15.2 Å². The minimum absolute atomic E-state index is 0.242. The first-order chi connectivity index (χ1) is 13.2. The Morgan fingerprint density at radius 2 is 1.96 bits per heavy atom. The third-order valence-electron chi connectivity index (χ3n) is 3.88. The van der Waals surface area contributed by atoms with Crippen LogP contribution in [0.1, 0.15) is 35.8 Å². The monoisotopic (exact) mass is 400 g/mol. The topological polar surface area (TPSA) is 77.0 Å². The van der Waals surface area contributed by atoms with E-state index < -0.39 is 6.10 Å². The molecule has 1 aromatic carbocycles. The van der Waals surface area contributed by atoms with Gasteiger partial charge in [0, 0.05) is 24.8 Å². The van der Waals surface area contributed by atoms with E-state index in [1.165, 1.54) is 18.4 Å². The maximum absolute atomic E-state index is 12.5. The normalized spacial score (nSPS) is 13.1. The minimum Gasteiger partial charge on any atom is -0.367 e. The molecule has 1 amide bonds. The Morgan fingerprint density at radius 1 is 1.19 bits per heavy atom. The zero-order chi connectivity index (χ0) is 19.1. The molecule has 0 bridgehead atoms. The van der Waals surface area contributed by atoms with Crippen LogP contribution in [0.2, 0.25) is 0 Å². The molecular formula is C19H20N4O2S2. The quantitative estimate of drug-likeness (QED) is 0.443. The number of aromatic nitrogens is 3. The van der Waals surface area contributed by atoms with E-state index in [9.17, 15) is 4.79 Å². The fourth-order valence-corrected chi connectivity index (χ4v) is 4.61. The smallest absolute Gasteiger partial charge is 0.259 e. The fraction of sp³-hybridized carbons (Fsp3) is 0.263. The van der Waals surface area contributed by atoms with E-state index in [-0.39, 0.29) is 11.2 Å². The number of hydrogen-bond acceptors (Lipinski definition) is 7. The summed E-state index contributed by atoms with van der Waals surface area (Å²) < 4.78 is 6.15. The zero-order valence-electron chi connectivity index (χ0n) is 15.0. The van der Waals surface area contributed by atoms with Crippen LogP contribution >= 0.6 is 23.1 Å². The molecule has 2 atom stereocenters. The first-order valence-electron chi connectivity index (χ1n) is 8.50. The highest BCUT2D eigenvalue weighted by atomic mass is 32.2. The number of carbonyl (C=O) groups excluding carboxylic acids is 1. The average molecular weight is 401 g/mol. The van der Waals surface area contributed by atoms with Gasteiger partial charge in [-0.15, -0.1) is 10.2 Å². The highest BCUT2D eigenvalue weighted by Gasteiger charge is 2.22. The van der Waals surface area contributed by atoms with Gasteiger partial charge in [-0.3, -0.25) is 15.1 Å². The van der Waals surface area contributed by atoms with Crippen molar-refractivity contribution in [2.24, 2.45) is 0 Å². The molecule has 0 aliphatic heterocycles. The van der Waals surface area contributed by atoms with Gasteiger partial charge < -0.3 is 4.74 Å². The van der Waals surface area contributed by atoms with Crippen molar-refractivity contribution in [1.29, 1.82) is 0 Å². The van der Waals surface area contributed by atoms with Crippen molar-refractivity contribution < 1.29 is 9.53 Å². The van der Waals surface area contributed by atoms with Gasteiger partial charge in [-0.2, -0.15) is 0 Å². The van der Waals surface area contributed by atoms with Crippen LogP contribution in [-0.2, 0) is 9.53 Å². The molecule has 0 saturated heterocycles. The molecule has 0 spiro atoms. The van der Waals surface area contributed by atoms with Crippen molar-refractivity contribution in [3.05, 3.63) is 66.0 Å². The Kier molecular flexibility index (Phi) is 6.92. The van der Waals surface area contributed by atoms with Crippen LogP contribution < -0.4 is 5.32 Å². The molecule has 0 aliphatic rings. The van der Waals surface area contributed by atoms with E-state index in [1.54, 1.807) is 18.0 Å². The zero-order valence-corrected chi connectivity index (χ0v) is 16.7. The summed E-state index contributed by atoms with van der Waals surface area (Å²) >= 11 is 2.98. The molecule has 0 fully saturated rings. The Hall–Kier alpha value is -2.29. The van der Waals surface area contributed by atoms with E-state index >= 15 is 0 Å². The number of hydrogen-bond donors (Lipinski definition) is 1. The highest BCUT2D eigenvalue weighted by Crippen LogP contribution is 2.39. The molecular weight excluding hydrogens is 380 g/mol. The van der Waals surface area contributed by atoms with Crippen molar-refractivity contribution in [3.8, 4) is 0 Å². The van der Waals surface area contributed by atoms with E-state index in [2.05, 4.69) is 33.5 Å². The van der Waals surface area contributed by atoms with Crippen LogP contribution in [0.3, 0.4) is 0 Å². The number of amides is 1. The molecule has 0 aliphatic carbocycles. The van der Waals surface area contributed by atoms with Gasteiger partial charge in [0.05, 0.1) is 0 Å². The van der Waals surface area contributed by atoms with Crippen LogP contribution in [0.4, 0.5) is 5.13 Å². The lowest BCUT2D eigenvalue weighted by molar-refractivity contribution is -0.126. The Morgan fingerprint density at radius 3 is 2.63 bits per heavy atom. The number of rotatable bonds is 8. The summed E-state index contributed by atoms with van der Waals surface area (Å²) in [6.45, 7) is 2.12. The SMILES string of the molecule is CCC(Sc1nnc(NC(=O)C(OC)c2ccccc2)s1)c1cccnc1. The second-order valence-electron chi connectivity index (χ2n) is 5.69. The van der Waals surface area contributed by atoms with Gasteiger partial charge in [-0.25, -0.2) is 0 Å². The largest absolute Gasteiger partial charge is 0.367 e. The summed E-state index contributed by atoms with van der Waals surface area (Å²) in [6.07, 6.45) is 3.88. The fourth-order valence-electron chi connectivity index (χ4n) is 2.58. The van der Waals surface area contributed by atoms with E-state index in [1.807, 2.05) is 42.6 Å². The maximum atomic E-state index is 12.5. The molecule has 0 radical (unpaired) electrons. The molecule has 6 nitrogen and oxygen atoms in total. The molecule has 3 rings (SSSR count). The first kappa shape index (κ1) is 19.5. The number of benzene rings is 1. The number of carbonyl (C=O) groups is 1. The summed E-state index contributed by atoms with van der Waals surface area (Å²) in [5.74, 6) is -0.268. The van der Waals surface area contributed by atoms with Gasteiger partial charge >= 0.3 is 0 Å². The number of ether oxygens (including phenoxy) is 1. The third kappa shape index (κ3) is 5.12. The number of thioether (sulfide) groups is 1. The van der Waals surface area contributed by atoms with Crippen molar-refractivity contribution >= 4 is 34.1 Å². The maximum Gasteiger partial charge on any atom is 0.259 e. The number of nitrogens with one attached hydrogen (secondary N) is 1. The highest BCUT2D eigenvalue weighted by molar-refractivity contribution is 8.01. The van der Waals surface area contributed by atoms with Crippen LogP contribution in [0.5, 0.6) is 0 Å². The molecule has 3 aromatic rings. The second kappa shape index (κ2) is 9.59. The molecule has 8 heteroatoms. The van der Waals surface area contributed by atoms with Crippen molar-refractivity contribution in [2.45, 2.75) is 29.0 Å². The Balaban J connectivity index is 1.66. The summed E-state index contributed by atoms with van der Waals surface area (Å²) in [5, 5.41) is 11.8. The van der Waals surface area contributed by atoms with Crippen molar-refractivity contribution in [3.63, 3.8) is 0 Å². The number of methoxy groups -OCH3 is 1. The van der Waals surface area contributed by atoms with Gasteiger partial charge in [0.1, 0.15) is 0 Å². The predicted molar refractivity (Wildman–Crippen MR) is 108 cm³/mol. The lowest BCUT2D eigenvalue weighted by Crippen LogP contribution is -2.22. The molecule has 27 heavy (non-hydrogen) atoms.